The Hall–Kier alpha value is -1.09. The molecule has 3 nitrogen and oxygen atoms in total. The van der Waals surface area contributed by atoms with Gasteiger partial charge in [0.25, 0.3) is 0 Å². The van der Waals surface area contributed by atoms with Crippen LogP contribution in [0.4, 0.5) is 0 Å². The van der Waals surface area contributed by atoms with Crippen molar-refractivity contribution in [2.24, 2.45) is 0 Å². The van der Waals surface area contributed by atoms with Gasteiger partial charge in [0.05, 0.1) is 12.2 Å². The van der Waals surface area contributed by atoms with Crippen molar-refractivity contribution in [1.29, 1.82) is 0 Å². The summed E-state index contributed by atoms with van der Waals surface area (Å²) >= 11 is 5.76. The minimum absolute atomic E-state index is 0.320. The number of carbonyl (C=O) groups excluding carboxylic acids is 1. The molecule has 0 aromatic carbocycles. The zero-order chi connectivity index (χ0) is 12.0. The van der Waals surface area contributed by atoms with E-state index in [9.17, 15) is 4.79 Å². The fraction of sp³-hybridized carbons (Fsp3) is 0.500. The van der Waals surface area contributed by atoms with Gasteiger partial charge in [0.15, 0.2) is 0 Å². The molecule has 0 fully saturated rings. The first-order valence-electron chi connectivity index (χ1n) is 5.44. The maximum absolute atomic E-state index is 11.6. The number of halogens is 1. The minimum Gasteiger partial charge on any atom is -0.462 e. The van der Waals surface area contributed by atoms with Crippen LogP contribution >= 0.6 is 11.6 Å². The van der Waals surface area contributed by atoms with Crippen LogP contribution in [0.2, 0.25) is 5.15 Å². The van der Waals surface area contributed by atoms with Crippen molar-refractivity contribution in [3.63, 3.8) is 0 Å². The third-order valence-corrected chi connectivity index (χ3v) is 2.33. The number of unbranched alkanes of at least 4 members (excludes halogenated alkanes) is 2. The predicted molar refractivity (Wildman–Crippen MR) is 63.8 cm³/mol. The topological polar surface area (TPSA) is 39.2 Å². The summed E-state index contributed by atoms with van der Waals surface area (Å²) in [5, 5.41) is 0.320. The first kappa shape index (κ1) is 13.0. The zero-order valence-electron chi connectivity index (χ0n) is 9.62. The van der Waals surface area contributed by atoms with Crippen LogP contribution < -0.4 is 0 Å². The van der Waals surface area contributed by atoms with Crippen LogP contribution in [0.3, 0.4) is 0 Å². The number of aromatic nitrogens is 1. The molecule has 0 radical (unpaired) electrons. The highest BCUT2D eigenvalue weighted by molar-refractivity contribution is 6.29. The van der Waals surface area contributed by atoms with Gasteiger partial charge in [0.1, 0.15) is 5.15 Å². The second-order valence-electron chi connectivity index (χ2n) is 3.66. The SMILES string of the molecule is CCCCCOC(=O)c1cc(C)nc(Cl)c1. The molecule has 0 saturated carbocycles. The Morgan fingerprint density at radius 2 is 2.19 bits per heavy atom. The molecule has 1 heterocycles. The lowest BCUT2D eigenvalue weighted by Crippen LogP contribution is -2.07. The highest BCUT2D eigenvalue weighted by Gasteiger charge is 2.08. The Bertz CT molecular complexity index is 346. The third kappa shape index (κ3) is 4.19. The van der Waals surface area contributed by atoms with Crippen molar-refractivity contribution < 1.29 is 9.53 Å². The van der Waals surface area contributed by atoms with Crippen LogP contribution in [0.15, 0.2) is 12.1 Å². The molecule has 0 atom stereocenters. The monoisotopic (exact) mass is 241 g/mol. The molecule has 16 heavy (non-hydrogen) atoms. The van der Waals surface area contributed by atoms with Gasteiger partial charge in [-0.1, -0.05) is 31.4 Å². The quantitative estimate of drug-likeness (QED) is 0.451. The third-order valence-electron chi connectivity index (χ3n) is 2.14. The molecule has 1 aromatic heterocycles. The molecule has 0 aliphatic rings. The van der Waals surface area contributed by atoms with Crippen LogP contribution in [0.25, 0.3) is 0 Å². The van der Waals surface area contributed by atoms with Crippen LogP contribution in [0.1, 0.15) is 42.2 Å². The summed E-state index contributed by atoms with van der Waals surface area (Å²) in [6, 6.07) is 3.20. The summed E-state index contributed by atoms with van der Waals surface area (Å²) in [5.41, 5.74) is 1.18. The fourth-order valence-electron chi connectivity index (χ4n) is 1.35. The summed E-state index contributed by atoms with van der Waals surface area (Å²) in [7, 11) is 0. The normalized spacial score (nSPS) is 10.2. The number of nitrogens with zero attached hydrogens (tertiary/aromatic N) is 1. The summed E-state index contributed by atoms with van der Waals surface area (Å²) in [6.45, 7) is 4.36. The fourth-order valence-corrected chi connectivity index (χ4v) is 1.60. The maximum atomic E-state index is 11.6. The molecule has 0 aliphatic carbocycles. The second kappa shape index (κ2) is 6.48. The number of hydrogen-bond donors (Lipinski definition) is 0. The lowest BCUT2D eigenvalue weighted by Gasteiger charge is -2.05. The molecule has 0 unspecified atom stereocenters. The summed E-state index contributed by atoms with van der Waals surface area (Å²) in [5.74, 6) is -0.330. The molecule has 1 aromatic rings. The zero-order valence-corrected chi connectivity index (χ0v) is 10.4. The lowest BCUT2D eigenvalue weighted by molar-refractivity contribution is 0.0498. The minimum atomic E-state index is -0.330. The molecular weight excluding hydrogens is 226 g/mol. The van der Waals surface area contributed by atoms with Crippen LogP contribution in [0.5, 0.6) is 0 Å². The first-order valence-corrected chi connectivity index (χ1v) is 5.82. The number of aryl methyl sites for hydroxylation is 1. The molecule has 0 amide bonds. The predicted octanol–water partition coefficient (Wildman–Crippen LogP) is 3.39. The average molecular weight is 242 g/mol. The van der Waals surface area contributed by atoms with Crippen LogP contribution in [-0.4, -0.2) is 17.6 Å². The number of hydrogen-bond acceptors (Lipinski definition) is 3. The van der Waals surface area contributed by atoms with Crippen LogP contribution in [-0.2, 0) is 4.74 Å². The number of carbonyl (C=O) groups is 1. The molecule has 88 valence electrons. The Kier molecular flexibility index (Phi) is 5.26. The maximum Gasteiger partial charge on any atom is 0.338 e. The van der Waals surface area contributed by atoms with E-state index in [1.807, 2.05) is 0 Å². The van der Waals surface area contributed by atoms with Gasteiger partial charge < -0.3 is 4.74 Å². The lowest BCUT2D eigenvalue weighted by atomic mass is 10.2. The molecule has 0 aliphatic heterocycles. The Balaban J connectivity index is 2.52. The highest BCUT2D eigenvalue weighted by atomic mass is 35.5. The molecule has 0 N–H and O–H groups in total. The largest absolute Gasteiger partial charge is 0.462 e. The van der Waals surface area contributed by atoms with E-state index in [0.717, 1.165) is 19.3 Å². The van der Waals surface area contributed by atoms with E-state index < -0.39 is 0 Å². The van der Waals surface area contributed by atoms with Gasteiger partial charge in [0.2, 0.25) is 0 Å². The van der Waals surface area contributed by atoms with Gasteiger partial charge in [-0.25, -0.2) is 9.78 Å². The molecule has 0 spiro atoms. The summed E-state index contributed by atoms with van der Waals surface area (Å²) in [4.78, 5) is 15.6. The van der Waals surface area contributed by atoms with Gasteiger partial charge in [-0.05, 0) is 25.5 Å². The summed E-state index contributed by atoms with van der Waals surface area (Å²) < 4.78 is 5.11. The van der Waals surface area contributed by atoms with Gasteiger partial charge in [-0.3, -0.25) is 0 Å². The molecule has 0 bridgehead atoms. The van der Waals surface area contributed by atoms with E-state index in [4.69, 9.17) is 16.3 Å². The van der Waals surface area contributed by atoms with Gasteiger partial charge in [-0.2, -0.15) is 0 Å². The Morgan fingerprint density at radius 3 is 2.81 bits per heavy atom. The Morgan fingerprint density at radius 1 is 1.44 bits per heavy atom. The molecule has 0 saturated heterocycles. The van der Waals surface area contributed by atoms with E-state index >= 15 is 0 Å². The molecule has 4 heteroatoms. The van der Waals surface area contributed by atoms with Crippen molar-refractivity contribution in [3.8, 4) is 0 Å². The van der Waals surface area contributed by atoms with E-state index in [1.165, 1.54) is 6.07 Å². The van der Waals surface area contributed by atoms with Crippen molar-refractivity contribution in [3.05, 3.63) is 28.5 Å². The van der Waals surface area contributed by atoms with Crippen molar-refractivity contribution >= 4 is 17.6 Å². The van der Waals surface area contributed by atoms with Crippen molar-refractivity contribution in [2.45, 2.75) is 33.1 Å². The summed E-state index contributed by atoms with van der Waals surface area (Å²) in [6.07, 6.45) is 3.08. The second-order valence-corrected chi connectivity index (χ2v) is 4.05. The first-order chi connectivity index (χ1) is 7.63. The van der Waals surface area contributed by atoms with Gasteiger partial charge in [0, 0.05) is 5.69 Å². The van der Waals surface area contributed by atoms with Crippen molar-refractivity contribution in [2.75, 3.05) is 6.61 Å². The van der Waals surface area contributed by atoms with E-state index in [0.29, 0.717) is 23.0 Å². The van der Waals surface area contributed by atoms with E-state index in [-0.39, 0.29) is 5.97 Å². The Labute approximate surface area is 101 Å². The van der Waals surface area contributed by atoms with Gasteiger partial charge in [-0.15, -0.1) is 0 Å². The smallest absolute Gasteiger partial charge is 0.338 e. The standard InChI is InChI=1S/C12H16ClNO2/c1-3-4-5-6-16-12(15)10-7-9(2)14-11(13)8-10/h7-8H,3-6H2,1-2H3. The average Bonchev–Trinajstić information content (AvgIpc) is 2.22. The molecule has 1 rings (SSSR count). The number of rotatable bonds is 5. The molecular formula is C12H16ClNO2. The number of esters is 1. The van der Waals surface area contributed by atoms with E-state index in [1.54, 1.807) is 13.0 Å². The van der Waals surface area contributed by atoms with Crippen LogP contribution in [0, 0.1) is 6.92 Å². The van der Waals surface area contributed by atoms with Gasteiger partial charge >= 0.3 is 5.97 Å². The number of pyridine rings is 1. The number of ether oxygens (including phenoxy) is 1. The van der Waals surface area contributed by atoms with Crippen molar-refractivity contribution in [1.82, 2.24) is 4.98 Å². The van der Waals surface area contributed by atoms with E-state index in [2.05, 4.69) is 11.9 Å². The highest BCUT2D eigenvalue weighted by Crippen LogP contribution is 2.11.